The van der Waals surface area contributed by atoms with Crippen LogP contribution in [0.5, 0.6) is 0 Å². The van der Waals surface area contributed by atoms with E-state index in [1.54, 1.807) is 4.68 Å². The molecule has 0 aliphatic heterocycles. The molecule has 1 saturated carbocycles. The van der Waals surface area contributed by atoms with E-state index in [4.69, 9.17) is 0 Å². The van der Waals surface area contributed by atoms with Gasteiger partial charge in [0.1, 0.15) is 0 Å². The zero-order chi connectivity index (χ0) is 10.0. The Morgan fingerprint density at radius 2 is 2.43 bits per heavy atom. The Kier molecular flexibility index (Phi) is 2.52. The molecule has 1 aliphatic rings. The molecule has 1 heterocycles. The van der Waals surface area contributed by atoms with Crippen molar-refractivity contribution in [1.29, 1.82) is 0 Å². The number of aromatic nitrogens is 3. The monoisotopic (exact) mass is 196 g/mol. The predicted octanol–water partition coefficient (Wildman–Crippen LogP) is -0.180. The smallest absolute Gasteiger partial charge is 0.0964 e. The second-order valence-corrected chi connectivity index (χ2v) is 4.03. The maximum atomic E-state index is 9.22. The first-order chi connectivity index (χ1) is 6.74. The highest BCUT2D eigenvalue weighted by molar-refractivity contribution is 4.99. The summed E-state index contributed by atoms with van der Waals surface area (Å²) < 4.78 is 1.68. The fraction of sp³-hybridized carbons (Fsp3) is 0.778. The van der Waals surface area contributed by atoms with Crippen LogP contribution < -0.4 is 5.32 Å². The Bertz CT molecular complexity index is 300. The second-order valence-electron chi connectivity index (χ2n) is 4.03. The van der Waals surface area contributed by atoms with E-state index in [1.165, 1.54) is 6.42 Å². The molecule has 0 spiro atoms. The fourth-order valence-electron chi connectivity index (χ4n) is 1.75. The van der Waals surface area contributed by atoms with Crippen LogP contribution in [0.1, 0.15) is 25.0 Å². The molecular weight excluding hydrogens is 180 g/mol. The number of aryl methyl sites for hydroxylation is 1. The van der Waals surface area contributed by atoms with E-state index in [2.05, 4.69) is 15.6 Å². The summed E-state index contributed by atoms with van der Waals surface area (Å²) in [5, 5.41) is 20.4. The molecular formula is C9H16N4O. The second kappa shape index (κ2) is 3.67. The predicted molar refractivity (Wildman–Crippen MR) is 51.5 cm³/mol. The van der Waals surface area contributed by atoms with Gasteiger partial charge in [0.2, 0.25) is 0 Å². The van der Waals surface area contributed by atoms with Gasteiger partial charge in [-0.3, -0.25) is 4.68 Å². The lowest BCUT2D eigenvalue weighted by atomic mass is 9.77. The van der Waals surface area contributed by atoms with E-state index in [-0.39, 0.29) is 12.1 Å². The zero-order valence-corrected chi connectivity index (χ0v) is 8.40. The summed E-state index contributed by atoms with van der Waals surface area (Å²) in [7, 11) is 1.85. The molecule has 1 aliphatic carbocycles. The summed E-state index contributed by atoms with van der Waals surface area (Å²) in [5.74, 6) is 0. The van der Waals surface area contributed by atoms with E-state index in [1.807, 2.05) is 13.2 Å². The maximum absolute atomic E-state index is 9.22. The highest BCUT2D eigenvalue weighted by Crippen LogP contribution is 2.31. The van der Waals surface area contributed by atoms with Crippen LogP contribution in [-0.2, 0) is 13.6 Å². The van der Waals surface area contributed by atoms with Crippen LogP contribution in [0, 0.1) is 0 Å². The molecule has 5 nitrogen and oxygen atoms in total. The van der Waals surface area contributed by atoms with E-state index in [9.17, 15) is 5.11 Å². The van der Waals surface area contributed by atoms with Crippen LogP contribution >= 0.6 is 0 Å². The van der Waals surface area contributed by atoms with Gasteiger partial charge in [-0.25, -0.2) is 0 Å². The number of aliphatic hydroxyl groups is 1. The van der Waals surface area contributed by atoms with Crippen molar-refractivity contribution in [3.05, 3.63) is 11.9 Å². The molecule has 14 heavy (non-hydrogen) atoms. The third kappa shape index (κ3) is 1.78. The third-order valence-corrected chi connectivity index (χ3v) is 2.91. The average molecular weight is 196 g/mol. The van der Waals surface area contributed by atoms with Crippen molar-refractivity contribution in [3.8, 4) is 0 Å². The van der Waals surface area contributed by atoms with Gasteiger partial charge in [0.05, 0.1) is 12.3 Å². The summed E-state index contributed by atoms with van der Waals surface area (Å²) >= 11 is 0. The normalized spacial score (nSPS) is 19.3. The molecule has 78 valence electrons. The minimum Gasteiger partial charge on any atom is -0.394 e. The van der Waals surface area contributed by atoms with Crippen molar-refractivity contribution in [2.75, 3.05) is 6.61 Å². The standard InChI is InChI=1S/C9H16N4O/c1-13-6-8(11-12-13)5-10-9(7-14)3-2-4-9/h6,10,14H,2-5,7H2,1H3. The van der Waals surface area contributed by atoms with Crippen molar-refractivity contribution in [1.82, 2.24) is 20.3 Å². The van der Waals surface area contributed by atoms with Crippen LogP contribution in [0.2, 0.25) is 0 Å². The van der Waals surface area contributed by atoms with E-state index in [0.717, 1.165) is 18.5 Å². The van der Waals surface area contributed by atoms with Crippen LogP contribution in [0.25, 0.3) is 0 Å². The van der Waals surface area contributed by atoms with Gasteiger partial charge in [-0.05, 0) is 19.3 Å². The number of aliphatic hydroxyl groups excluding tert-OH is 1. The Labute approximate surface area is 83.1 Å². The lowest BCUT2D eigenvalue weighted by Crippen LogP contribution is -2.53. The molecule has 0 amide bonds. The van der Waals surface area contributed by atoms with Gasteiger partial charge in [-0.15, -0.1) is 5.10 Å². The molecule has 1 aromatic rings. The first-order valence-corrected chi connectivity index (χ1v) is 4.95. The molecule has 2 rings (SSSR count). The van der Waals surface area contributed by atoms with Crippen molar-refractivity contribution < 1.29 is 5.11 Å². The first-order valence-electron chi connectivity index (χ1n) is 4.95. The van der Waals surface area contributed by atoms with Gasteiger partial charge in [0, 0.05) is 25.3 Å². The van der Waals surface area contributed by atoms with Crippen molar-refractivity contribution >= 4 is 0 Å². The molecule has 2 N–H and O–H groups in total. The van der Waals surface area contributed by atoms with Crippen molar-refractivity contribution in [2.24, 2.45) is 7.05 Å². The lowest BCUT2D eigenvalue weighted by molar-refractivity contribution is 0.0868. The van der Waals surface area contributed by atoms with Gasteiger partial charge in [0.15, 0.2) is 0 Å². The fourth-order valence-corrected chi connectivity index (χ4v) is 1.75. The van der Waals surface area contributed by atoms with Crippen LogP contribution in [0.15, 0.2) is 6.20 Å². The molecule has 1 aromatic heterocycles. The molecule has 0 saturated heterocycles. The van der Waals surface area contributed by atoms with Crippen LogP contribution in [0.3, 0.4) is 0 Å². The first kappa shape index (κ1) is 9.61. The Hall–Kier alpha value is -0.940. The topological polar surface area (TPSA) is 63.0 Å². The summed E-state index contributed by atoms with van der Waals surface area (Å²) in [6.07, 6.45) is 5.21. The largest absolute Gasteiger partial charge is 0.394 e. The molecule has 1 fully saturated rings. The lowest BCUT2D eigenvalue weighted by Gasteiger charge is -2.41. The number of hydrogen-bond donors (Lipinski definition) is 2. The van der Waals surface area contributed by atoms with Crippen molar-refractivity contribution in [3.63, 3.8) is 0 Å². The molecule has 0 radical (unpaired) electrons. The summed E-state index contributed by atoms with van der Waals surface area (Å²) in [6.45, 7) is 0.904. The van der Waals surface area contributed by atoms with Crippen molar-refractivity contribution in [2.45, 2.75) is 31.3 Å². The third-order valence-electron chi connectivity index (χ3n) is 2.91. The molecule has 0 unspecified atom stereocenters. The Morgan fingerprint density at radius 1 is 1.64 bits per heavy atom. The van der Waals surface area contributed by atoms with Gasteiger partial charge < -0.3 is 10.4 Å². The van der Waals surface area contributed by atoms with Crippen LogP contribution in [-0.4, -0.2) is 32.2 Å². The maximum Gasteiger partial charge on any atom is 0.0964 e. The highest BCUT2D eigenvalue weighted by atomic mass is 16.3. The van der Waals surface area contributed by atoms with E-state index in [0.29, 0.717) is 6.54 Å². The Balaban J connectivity index is 1.87. The van der Waals surface area contributed by atoms with Crippen LogP contribution in [0.4, 0.5) is 0 Å². The summed E-state index contributed by atoms with van der Waals surface area (Å²) in [6, 6.07) is 0. The number of nitrogens with zero attached hydrogens (tertiary/aromatic N) is 3. The van der Waals surface area contributed by atoms with E-state index >= 15 is 0 Å². The minimum atomic E-state index is -0.0441. The average Bonchev–Trinajstić information content (AvgIpc) is 2.50. The minimum absolute atomic E-state index is 0.0441. The quantitative estimate of drug-likeness (QED) is 0.701. The zero-order valence-electron chi connectivity index (χ0n) is 8.40. The number of rotatable bonds is 4. The number of nitrogens with one attached hydrogen (secondary N) is 1. The molecule has 5 heteroatoms. The number of hydrogen-bond acceptors (Lipinski definition) is 4. The molecule has 0 bridgehead atoms. The van der Waals surface area contributed by atoms with Gasteiger partial charge in [-0.1, -0.05) is 5.21 Å². The van der Waals surface area contributed by atoms with Gasteiger partial charge in [-0.2, -0.15) is 0 Å². The highest BCUT2D eigenvalue weighted by Gasteiger charge is 2.35. The Morgan fingerprint density at radius 3 is 2.86 bits per heavy atom. The van der Waals surface area contributed by atoms with Gasteiger partial charge >= 0.3 is 0 Å². The van der Waals surface area contributed by atoms with Gasteiger partial charge in [0.25, 0.3) is 0 Å². The summed E-state index contributed by atoms with van der Waals surface area (Å²) in [4.78, 5) is 0. The summed E-state index contributed by atoms with van der Waals surface area (Å²) in [5.41, 5.74) is 0.879. The SMILES string of the molecule is Cn1cc(CNC2(CO)CCC2)nn1. The molecule has 0 aromatic carbocycles. The van der Waals surface area contributed by atoms with E-state index < -0.39 is 0 Å². The molecule has 0 atom stereocenters.